The summed E-state index contributed by atoms with van der Waals surface area (Å²) in [5, 5.41) is 0. The first-order chi connectivity index (χ1) is 5.79. The van der Waals surface area contributed by atoms with Gasteiger partial charge in [0.15, 0.2) is 0 Å². The second-order valence-electron chi connectivity index (χ2n) is 2.48. The molecule has 1 aliphatic rings. The zero-order valence-corrected chi connectivity index (χ0v) is 6.86. The van der Waals surface area contributed by atoms with Crippen LogP contribution >= 0.6 is 0 Å². The molecule has 5 heteroatoms. The van der Waals surface area contributed by atoms with Crippen LogP contribution in [0.2, 0.25) is 0 Å². The molecule has 68 valence electrons. The van der Waals surface area contributed by atoms with Gasteiger partial charge in [0.2, 0.25) is 0 Å². The van der Waals surface area contributed by atoms with Crippen LogP contribution < -0.4 is 0 Å². The number of hydrogen-bond donors (Lipinski definition) is 0. The second-order valence-corrected chi connectivity index (χ2v) is 2.48. The van der Waals surface area contributed by atoms with Gasteiger partial charge in [-0.15, -0.1) is 0 Å². The lowest BCUT2D eigenvalue weighted by Crippen LogP contribution is -2.46. The molecule has 0 radical (unpaired) electrons. The Kier molecular flexibility index (Phi) is 3.01. The smallest absolute Gasteiger partial charge is 0.410 e. The molecule has 1 unspecified atom stereocenters. The summed E-state index contributed by atoms with van der Waals surface area (Å²) in [4.78, 5) is 16.2. The highest BCUT2D eigenvalue weighted by atomic mass is 19.1. The highest BCUT2D eigenvalue weighted by Crippen LogP contribution is 2.06. The first-order valence-corrected chi connectivity index (χ1v) is 3.68. The molecule has 0 saturated heterocycles. The van der Waals surface area contributed by atoms with E-state index >= 15 is 0 Å². The van der Waals surface area contributed by atoms with Crippen LogP contribution in [0.5, 0.6) is 0 Å². The third-order valence-electron chi connectivity index (χ3n) is 1.75. The number of halogens is 1. The maximum atomic E-state index is 12.3. The lowest BCUT2D eigenvalue weighted by atomic mass is 10.2. The van der Waals surface area contributed by atoms with Crippen molar-refractivity contribution in [1.82, 2.24) is 4.90 Å². The van der Waals surface area contributed by atoms with E-state index in [1.807, 2.05) is 0 Å². The SMILES string of the molecule is COC(=O)N1CC=NCC1CF. The van der Waals surface area contributed by atoms with Gasteiger partial charge in [0.05, 0.1) is 26.2 Å². The van der Waals surface area contributed by atoms with Crippen LogP contribution in [0.25, 0.3) is 0 Å². The van der Waals surface area contributed by atoms with E-state index in [9.17, 15) is 9.18 Å². The second kappa shape index (κ2) is 4.04. The summed E-state index contributed by atoms with van der Waals surface area (Å²) in [7, 11) is 1.28. The van der Waals surface area contributed by atoms with Crippen LogP contribution in [-0.2, 0) is 4.74 Å². The Morgan fingerprint density at radius 2 is 2.67 bits per heavy atom. The Morgan fingerprint density at radius 3 is 3.25 bits per heavy atom. The van der Waals surface area contributed by atoms with E-state index in [1.165, 1.54) is 12.0 Å². The average molecular weight is 174 g/mol. The fourth-order valence-corrected chi connectivity index (χ4v) is 1.06. The molecule has 1 heterocycles. The number of carbonyl (C=O) groups excluding carboxylic acids is 1. The maximum Gasteiger partial charge on any atom is 0.410 e. The lowest BCUT2D eigenvalue weighted by Gasteiger charge is -2.28. The summed E-state index contributed by atoms with van der Waals surface area (Å²) in [5.41, 5.74) is 0. The molecule has 0 fully saturated rings. The Bertz CT molecular complexity index is 196. The van der Waals surface area contributed by atoms with E-state index < -0.39 is 18.8 Å². The third kappa shape index (κ3) is 1.72. The molecule has 0 aromatic rings. The van der Waals surface area contributed by atoms with Crippen molar-refractivity contribution in [3.8, 4) is 0 Å². The molecule has 12 heavy (non-hydrogen) atoms. The molecule has 4 nitrogen and oxygen atoms in total. The van der Waals surface area contributed by atoms with E-state index in [0.29, 0.717) is 13.1 Å². The predicted molar refractivity (Wildman–Crippen MR) is 42.2 cm³/mol. The summed E-state index contributed by atoms with van der Waals surface area (Å²) in [6.45, 7) is 0.0826. The highest BCUT2D eigenvalue weighted by molar-refractivity contribution is 5.74. The highest BCUT2D eigenvalue weighted by Gasteiger charge is 2.25. The van der Waals surface area contributed by atoms with Crippen molar-refractivity contribution in [1.29, 1.82) is 0 Å². The van der Waals surface area contributed by atoms with Crippen molar-refractivity contribution in [2.75, 3.05) is 26.9 Å². The topological polar surface area (TPSA) is 41.9 Å². The van der Waals surface area contributed by atoms with E-state index in [4.69, 9.17) is 0 Å². The standard InChI is InChI=1S/C7H11FN2O2/c1-12-7(11)10-3-2-9-5-6(10)4-8/h2,6H,3-5H2,1H3. The molecule has 1 rings (SSSR count). The van der Waals surface area contributed by atoms with Gasteiger partial charge in [-0.2, -0.15) is 0 Å². The number of nitrogens with zero attached hydrogens (tertiary/aromatic N) is 2. The number of methoxy groups -OCH3 is 1. The molecule has 0 saturated carbocycles. The maximum absolute atomic E-state index is 12.3. The van der Waals surface area contributed by atoms with Gasteiger partial charge >= 0.3 is 6.09 Å². The van der Waals surface area contributed by atoms with Crippen LogP contribution in [0.4, 0.5) is 9.18 Å². The molecule has 0 aliphatic carbocycles. The van der Waals surface area contributed by atoms with Crippen molar-refractivity contribution in [2.45, 2.75) is 6.04 Å². The zero-order chi connectivity index (χ0) is 8.97. The van der Waals surface area contributed by atoms with E-state index in [-0.39, 0.29) is 0 Å². The van der Waals surface area contributed by atoms with Gasteiger partial charge in [0.1, 0.15) is 6.67 Å². The summed E-state index contributed by atoms with van der Waals surface area (Å²) in [6.07, 6.45) is 1.09. The number of rotatable bonds is 1. The van der Waals surface area contributed by atoms with Crippen molar-refractivity contribution in [3.05, 3.63) is 0 Å². The molecular formula is C7H11FN2O2. The molecule has 0 spiro atoms. The van der Waals surface area contributed by atoms with Crippen LogP contribution in [-0.4, -0.2) is 50.1 Å². The zero-order valence-electron chi connectivity index (χ0n) is 6.86. The van der Waals surface area contributed by atoms with E-state index in [0.717, 1.165) is 0 Å². The fourth-order valence-electron chi connectivity index (χ4n) is 1.06. The number of alkyl halides is 1. The van der Waals surface area contributed by atoms with Crippen LogP contribution in [0, 0.1) is 0 Å². The Hall–Kier alpha value is -1.13. The molecule has 1 aliphatic heterocycles. The van der Waals surface area contributed by atoms with Gasteiger partial charge in [0, 0.05) is 6.21 Å². The minimum absolute atomic E-state index is 0.325. The van der Waals surface area contributed by atoms with E-state index in [2.05, 4.69) is 9.73 Å². The Morgan fingerprint density at radius 1 is 1.92 bits per heavy atom. The number of carbonyl (C=O) groups is 1. The monoisotopic (exact) mass is 174 g/mol. The Balaban J connectivity index is 2.60. The van der Waals surface area contributed by atoms with Crippen LogP contribution in [0.3, 0.4) is 0 Å². The number of ether oxygens (including phenoxy) is 1. The summed E-state index contributed by atoms with van der Waals surface area (Å²) < 4.78 is 16.8. The Labute approximate surface area is 70.0 Å². The quantitative estimate of drug-likeness (QED) is 0.580. The van der Waals surface area contributed by atoms with Gasteiger partial charge in [0.25, 0.3) is 0 Å². The molecule has 0 N–H and O–H groups in total. The van der Waals surface area contributed by atoms with Crippen LogP contribution in [0.15, 0.2) is 4.99 Å². The van der Waals surface area contributed by atoms with Gasteiger partial charge < -0.3 is 4.74 Å². The van der Waals surface area contributed by atoms with Crippen molar-refractivity contribution >= 4 is 12.3 Å². The first-order valence-electron chi connectivity index (χ1n) is 3.68. The molecule has 1 atom stereocenters. The van der Waals surface area contributed by atoms with Crippen molar-refractivity contribution in [3.63, 3.8) is 0 Å². The number of hydrogen-bond acceptors (Lipinski definition) is 3. The normalized spacial score (nSPS) is 22.5. The lowest BCUT2D eigenvalue weighted by molar-refractivity contribution is 0.105. The van der Waals surface area contributed by atoms with Gasteiger partial charge in [-0.05, 0) is 0 Å². The summed E-state index contributed by atoms with van der Waals surface area (Å²) in [5.74, 6) is 0. The first kappa shape index (κ1) is 8.96. The van der Waals surface area contributed by atoms with Gasteiger partial charge in [-0.25, -0.2) is 9.18 Å². The predicted octanol–water partition coefficient (Wildman–Crippen LogP) is 0.477. The van der Waals surface area contributed by atoms with Gasteiger partial charge in [-0.3, -0.25) is 9.89 Å². The molecular weight excluding hydrogens is 163 g/mol. The molecule has 0 aromatic carbocycles. The van der Waals surface area contributed by atoms with Crippen molar-refractivity contribution < 1.29 is 13.9 Å². The summed E-state index contributed by atoms with van der Waals surface area (Å²) >= 11 is 0. The minimum Gasteiger partial charge on any atom is -0.453 e. The number of aliphatic imine (C=N–C) groups is 1. The van der Waals surface area contributed by atoms with Crippen LogP contribution in [0.1, 0.15) is 0 Å². The average Bonchev–Trinajstić information content (AvgIpc) is 2.16. The summed E-state index contributed by atoms with van der Waals surface area (Å²) in [6, 6.07) is -0.456. The molecule has 0 bridgehead atoms. The largest absolute Gasteiger partial charge is 0.453 e. The van der Waals surface area contributed by atoms with Crippen molar-refractivity contribution in [2.24, 2.45) is 4.99 Å². The van der Waals surface area contributed by atoms with E-state index in [1.54, 1.807) is 6.21 Å². The molecule has 0 aromatic heterocycles. The fraction of sp³-hybridized carbons (Fsp3) is 0.714. The van der Waals surface area contributed by atoms with Gasteiger partial charge in [-0.1, -0.05) is 0 Å². The number of amides is 1. The molecule has 1 amide bonds. The minimum atomic E-state index is -0.577. The third-order valence-corrected chi connectivity index (χ3v) is 1.75.